The number of hydrogen-bond acceptors (Lipinski definition) is 5. The van der Waals surface area contributed by atoms with Crippen LogP contribution >= 0.6 is 46.2 Å². The SMILES string of the molecule is O=c1sc2c(s1)SC(c1ccccc1)=C(c1ccccc1)S2. The maximum absolute atomic E-state index is 11.7. The van der Waals surface area contributed by atoms with Crippen LogP contribution in [0.25, 0.3) is 9.81 Å². The van der Waals surface area contributed by atoms with Gasteiger partial charge in [0.1, 0.15) is 0 Å². The van der Waals surface area contributed by atoms with Crippen molar-refractivity contribution in [2.75, 3.05) is 0 Å². The maximum Gasteiger partial charge on any atom is 0.289 e. The molecule has 1 nitrogen and oxygen atoms in total. The summed E-state index contributed by atoms with van der Waals surface area (Å²) in [6, 6.07) is 20.8. The Morgan fingerprint density at radius 1 is 0.591 bits per heavy atom. The van der Waals surface area contributed by atoms with Crippen LogP contribution in [-0.4, -0.2) is 0 Å². The van der Waals surface area contributed by atoms with Gasteiger partial charge < -0.3 is 0 Å². The Balaban J connectivity index is 1.90. The zero-order chi connectivity index (χ0) is 14.9. The summed E-state index contributed by atoms with van der Waals surface area (Å²) in [7, 11) is 0. The van der Waals surface area contributed by atoms with E-state index in [1.165, 1.54) is 43.6 Å². The third kappa shape index (κ3) is 2.70. The van der Waals surface area contributed by atoms with Crippen LogP contribution in [0.4, 0.5) is 0 Å². The second kappa shape index (κ2) is 6.08. The Hall–Kier alpha value is -1.27. The fraction of sp³-hybridized carbons (Fsp3) is 0. The van der Waals surface area contributed by atoms with Gasteiger partial charge in [-0.15, -0.1) is 0 Å². The third-order valence-corrected chi connectivity index (χ3v) is 8.51. The molecule has 2 heterocycles. The van der Waals surface area contributed by atoms with Crippen molar-refractivity contribution in [2.45, 2.75) is 8.42 Å². The second-order valence-electron chi connectivity index (χ2n) is 4.62. The van der Waals surface area contributed by atoms with Gasteiger partial charge in [-0.05, 0) is 11.1 Å². The molecule has 0 unspecified atom stereocenters. The average molecular weight is 359 g/mol. The minimum atomic E-state index is 0.173. The lowest BCUT2D eigenvalue weighted by atomic mass is 10.1. The van der Waals surface area contributed by atoms with Gasteiger partial charge in [0.05, 0.1) is 8.42 Å². The monoisotopic (exact) mass is 358 g/mol. The van der Waals surface area contributed by atoms with Crippen molar-refractivity contribution in [3.8, 4) is 0 Å². The van der Waals surface area contributed by atoms with E-state index < -0.39 is 0 Å². The Morgan fingerprint density at radius 2 is 1.00 bits per heavy atom. The molecule has 1 aliphatic heterocycles. The summed E-state index contributed by atoms with van der Waals surface area (Å²) < 4.78 is 2.42. The number of fused-ring (bicyclic) bond motifs is 1. The Bertz CT molecular complexity index is 819. The molecule has 0 amide bonds. The van der Waals surface area contributed by atoms with Gasteiger partial charge in [0.15, 0.2) is 0 Å². The molecule has 5 heteroatoms. The highest BCUT2D eigenvalue weighted by molar-refractivity contribution is 8.18. The van der Waals surface area contributed by atoms with Crippen molar-refractivity contribution in [3.63, 3.8) is 0 Å². The molecule has 1 aromatic heterocycles. The summed E-state index contributed by atoms with van der Waals surface area (Å²) in [5.41, 5.74) is 2.41. The number of benzene rings is 2. The van der Waals surface area contributed by atoms with E-state index in [1.807, 2.05) is 12.1 Å². The molecule has 0 aliphatic carbocycles. The molecular formula is C17H10OS4. The molecule has 0 fully saturated rings. The lowest BCUT2D eigenvalue weighted by molar-refractivity contribution is 1.53. The van der Waals surface area contributed by atoms with Gasteiger partial charge in [-0.3, -0.25) is 4.79 Å². The fourth-order valence-electron chi connectivity index (χ4n) is 2.22. The molecule has 0 N–H and O–H groups in total. The van der Waals surface area contributed by atoms with Gasteiger partial charge >= 0.3 is 0 Å². The molecule has 0 saturated carbocycles. The topological polar surface area (TPSA) is 17.1 Å². The van der Waals surface area contributed by atoms with E-state index in [2.05, 4.69) is 48.5 Å². The summed E-state index contributed by atoms with van der Waals surface area (Å²) in [4.78, 5) is 14.2. The highest BCUT2D eigenvalue weighted by Gasteiger charge is 2.24. The Labute approximate surface area is 144 Å². The third-order valence-electron chi connectivity index (χ3n) is 3.19. The van der Waals surface area contributed by atoms with Crippen LogP contribution in [0.15, 0.2) is 73.9 Å². The lowest BCUT2D eigenvalue weighted by Gasteiger charge is -2.19. The van der Waals surface area contributed by atoms with Gasteiger partial charge in [0.2, 0.25) is 0 Å². The zero-order valence-electron chi connectivity index (χ0n) is 11.3. The summed E-state index contributed by atoms with van der Waals surface area (Å²) in [6.45, 7) is 0. The molecule has 0 bridgehead atoms. The standard InChI is InChI=1S/C17H10OS4/c18-17-21-15-16(22-17)20-14(12-9-5-2-6-10-12)13(19-15)11-7-3-1-4-8-11/h1-10H. The van der Waals surface area contributed by atoms with Crippen LogP contribution in [0.2, 0.25) is 0 Å². The molecule has 0 spiro atoms. The Morgan fingerprint density at radius 3 is 1.41 bits per heavy atom. The number of thioether (sulfide) groups is 2. The first-order chi connectivity index (χ1) is 10.8. The van der Waals surface area contributed by atoms with Gasteiger partial charge in [0.25, 0.3) is 4.06 Å². The van der Waals surface area contributed by atoms with Crippen LogP contribution in [0.1, 0.15) is 11.1 Å². The molecular weight excluding hydrogens is 348 g/mol. The van der Waals surface area contributed by atoms with Crippen LogP contribution < -0.4 is 4.06 Å². The molecule has 2 aromatic carbocycles. The minimum Gasteiger partial charge on any atom is -0.265 e. The first kappa shape index (κ1) is 14.3. The summed E-state index contributed by atoms with van der Waals surface area (Å²) in [6.07, 6.45) is 0. The lowest BCUT2D eigenvalue weighted by Crippen LogP contribution is -1.91. The fourth-order valence-corrected chi connectivity index (χ4v) is 7.67. The van der Waals surface area contributed by atoms with E-state index in [4.69, 9.17) is 0 Å². The highest BCUT2D eigenvalue weighted by atomic mass is 32.2. The molecule has 3 aromatic rings. The van der Waals surface area contributed by atoms with Crippen LogP contribution in [-0.2, 0) is 0 Å². The molecule has 0 radical (unpaired) electrons. The molecule has 0 saturated heterocycles. The normalized spacial score (nSPS) is 14.0. The van der Waals surface area contributed by atoms with Gasteiger partial charge in [-0.1, -0.05) is 107 Å². The van der Waals surface area contributed by atoms with Crippen molar-refractivity contribution in [1.29, 1.82) is 0 Å². The largest absolute Gasteiger partial charge is 0.289 e. The van der Waals surface area contributed by atoms with Crippen LogP contribution in [0, 0.1) is 0 Å². The summed E-state index contributed by atoms with van der Waals surface area (Å²) in [5, 5.41) is 0. The quantitative estimate of drug-likeness (QED) is 0.568. The van der Waals surface area contributed by atoms with Crippen LogP contribution in [0.5, 0.6) is 0 Å². The molecule has 108 valence electrons. The van der Waals surface area contributed by atoms with E-state index in [0.29, 0.717) is 0 Å². The van der Waals surface area contributed by atoms with E-state index in [9.17, 15) is 4.79 Å². The predicted molar refractivity (Wildman–Crippen MR) is 99.9 cm³/mol. The summed E-state index contributed by atoms with van der Waals surface area (Å²) in [5.74, 6) is 0. The van der Waals surface area contributed by atoms with Gasteiger partial charge in [0, 0.05) is 9.81 Å². The van der Waals surface area contributed by atoms with E-state index >= 15 is 0 Å². The number of hydrogen-bond donors (Lipinski definition) is 0. The van der Waals surface area contributed by atoms with E-state index in [1.54, 1.807) is 23.5 Å². The molecule has 4 rings (SSSR count). The summed E-state index contributed by atoms with van der Waals surface area (Å²) >= 11 is 6.16. The minimum absolute atomic E-state index is 0.173. The van der Waals surface area contributed by atoms with E-state index in [-0.39, 0.29) is 4.06 Å². The first-order valence-electron chi connectivity index (χ1n) is 6.66. The first-order valence-corrected chi connectivity index (χ1v) is 9.92. The highest BCUT2D eigenvalue weighted by Crippen LogP contribution is 2.56. The van der Waals surface area contributed by atoms with Crippen molar-refractivity contribution >= 4 is 56.0 Å². The molecule has 0 atom stereocenters. The van der Waals surface area contributed by atoms with Crippen molar-refractivity contribution in [2.24, 2.45) is 0 Å². The zero-order valence-corrected chi connectivity index (χ0v) is 14.6. The average Bonchev–Trinajstić information content (AvgIpc) is 2.94. The van der Waals surface area contributed by atoms with Gasteiger partial charge in [-0.25, -0.2) is 0 Å². The predicted octanol–water partition coefficient (Wildman–Crippen LogP) is 5.89. The Kier molecular flexibility index (Phi) is 3.96. The van der Waals surface area contributed by atoms with Crippen molar-refractivity contribution < 1.29 is 0 Å². The molecule has 1 aliphatic rings. The maximum atomic E-state index is 11.7. The van der Waals surface area contributed by atoms with Crippen molar-refractivity contribution in [1.82, 2.24) is 0 Å². The number of rotatable bonds is 2. The van der Waals surface area contributed by atoms with Crippen molar-refractivity contribution in [3.05, 3.63) is 80.6 Å². The van der Waals surface area contributed by atoms with Crippen LogP contribution in [0.3, 0.4) is 0 Å². The smallest absolute Gasteiger partial charge is 0.265 e. The van der Waals surface area contributed by atoms with E-state index in [0.717, 1.165) is 8.42 Å². The second-order valence-corrected chi connectivity index (χ2v) is 9.41. The van der Waals surface area contributed by atoms with Gasteiger partial charge in [-0.2, -0.15) is 0 Å². The molecule has 22 heavy (non-hydrogen) atoms.